The number of rotatable bonds is 7. The number of nitrogens with zero attached hydrogens (tertiary/aromatic N) is 3. The van der Waals surface area contributed by atoms with E-state index in [0.29, 0.717) is 18.3 Å². The van der Waals surface area contributed by atoms with Crippen LogP contribution in [-0.4, -0.2) is 39.7 Å². The highest BCUT2D eigenvalue weighted by Gasteiger charge is 2.30. The second-order valence-electron chi connectivity index (χ2n) is 7.08. The van der Waals surface area contributed by atoms with Gasteiger partial charge in [-0.25, -0.2) is 0 Å². The number of likely N-dealkylation sites (N-methyl/N-ethyl adjacent to an activating group) is 1. The largest absolute Gasteiger partial charge is 0.346 e. The number of amides is 1. The molecule has 5 nitrogen and oxygen atoms in total. The molecule has 0 fully saturated rings. The van der Waals surface area contributed by atoms with Crippen LogP contribution in [0.5, 0.6) is 0 Å². The molecule has 2 aromatic heterocycles. The Morgan fingerprint density at radius 2 is 2.35 bits per heavy atom. The van der Waals surface area contributed by atoms with Crippen LogP contribution < -0.4 is 5.32 Å². The first-order valence-electron chi connectivity index (χ1n) is 9.23. The van der Waals surface area contributed by atoms with E-state index in [9.17, 15) is 4.79 Å². The Balaban J connectivity index is 1.76. The lowest BCUT2D eigenvalue weighted by Gasteiger charge is -2.34. The molecule has 0 saturated heterocycles. The molecule has 0 aliphatic heterocycles. The number of aromatic nitrogens is 2. The number of fused-ring (bicyclic) bond motifs is 1. The van der Waals surface area contributed by atoms with Gasteiger partial charge in [0, 0.05) is 35.8 Å². The summed E-state index contributed by atoms with van der Waals surface area (Å²) in [5, 5.41) is 9.59. The Labute approximate surface area is 159 Å². The summed E-state index contributed by atoms with van der Waals surface area (Å²) in [5.74, 6) is -0.0705. The number of thiophene rings is 1. The molecular weight excluding hydrogens is 344 g/mol. The molecule has 6 heteroatoms. The second kappa shape index (κ2) is 8.18. The summed E-state index contributed by atoms with van der Waals surface area (Å²) in [6, 6.07) is 4.48. The average Bonchev–Trinajstić information content (AvgIpc) is 3.25. The fraction of sp³-hybridized carbons (Fsp3) is 0.500. The van der Waals surface area contributed by atoms with Crippen LogP contribution in [-0.2, 0) is 26.4 Å². The number of carbonyl (C=O) groups is 1. The number of hydrogen-bond donors (Lipinski definition) is 1. The minimum absolute atomic E-state index is 0.0705. The molecule has 140 valence electrons. The van der Waals surface area contributed by atoms with E-state index in [2.05, 4.69) is 35.7 Å². The van der Waals surface area contributed by atoms with E-state index in [-0.39, 0.29) is 5.91 Å². The molecule has 1 amide bonds. The summed E-state index contributed by atoms with van der Waals surface area (Å²) >= 11 is 1.65. The maximum atomic E-state index is 12.7. The van der Waals surface area contributed by atoms with Crippen molar-refractivity contribution in [2.45, 2.75) is 45.7 Å². The minimum atomic E-state index is -0.0705. The SMILES string of the molecule is C=C(C)CN(CC)C1CCc2c(c(C(=O)NCc3cccs3)nn2C)C1. The highest BCUT2D eigenvalue weighted by atomic mass is 32.1. The van der Waals surface area contributed by atoms with Gasteiger partial charge in [-0.1, -0.05) is 25.1 Å². The molecule has 3 rings (SSSR count). The Kier molecular flexibility index (Phi) is 5.94. The van der Waals surface area contributed by atoms with Crippen molar-refractivity contribution in [3.05, 3.63) is 51.5 Å². The zero-order valence-corrected chi connectivity index (χ0v) is 16.7. The van der Waals surface area contributed by atoms with Gasteiger partial charge in [-0.3, -0.25) is 14.4 Å². The molecule has 0 aromatic carbocycles. The van der Waals surface area contributed by atoms with Gasteiger partial charge < -0.3 is 5.32 Å². The molecule has 0 spiro atoms. The molecule has 1 aliphatic rings. The monoisotopic (exact) mass is 372 g/mol. The first-order chi connectivity index (χ1) is 12.5. The number of nitrogens with one attached hydrogen (secondary N) is 1. The van der Waals surface area contributed by atoms with Gasteiger partial charge >= 0.3 is 0 Å². The smallest absolute Gasteiger partial charge is 0.272 e. The molecular formula is C20H28N4OS. The van der Waals surface area contributed by atoms with Crippen molar-refractivity contribution in [1.29, 1.82) is 0 Å². The van der Waals surface area contributed by atoms with Crippen molar-refractivity contribution < 1.29 is 4.79 Å². The van der Waals surface area contributed by atoms with E-state index < -0.39 is 0 Å². The van der Waals surface area contributed by atoms with E-state index in [1.807, 2.05) is 29.2 Å². The standard InChI is InChI=1S/C20H28N4OS/c1-5-24(13-14(2)3)15-8-9-18-17(11-15)19(22-23(18)4)20(25)21-12-16-7-6-10-26-16/h6-7,10,15H,2,5,8-9,11-13H2,1,3-4H3,(H,21,25). The zero-order valence-electron chi connectivity index (χ0n) is 15.9. The predicted octanol–water partition coefficient (Wildman–Crippen LogP) is 3.17. The lowest BCUT2D eigenvalue weighted by molar-refractivity contribution is 0.0944. The molecule has 1 N–H and O–H groups in total. The summed E-state index contributed by atoms with van der Waals surface area (Å²) in [6.45, 7) is 10.8. The Morgan fingerprint density at radius 1 is 1.54 bits per heavy atom. The fourth-order valence-electron chi connectivity index (χ4n) is 3.78. The van der Waals surface area contributed by atoms with Gasteiger partial charge in [0.15, 0.2) is 5.69 Å². The zero-order chi connectivity index (χ0) is 18.7. The Bertz CT molecular complexity index is 778. The number of hydrogen-bond acceptors (Lipinski definition) is 4. The van der Waals surface area contributed by atoms with Gasteiger partial charge in [-0.2, -0.15) is 5.10 Å². The number of carbonyl (C=O) groups excluding carboxylic acids is 1. The van der Waals surface area contributed by atoms with Crippen LogP contribution in [0.4, 0.5) is 0 Å². The third-order valence-electron chi connectivity index (χ3n) is 5.04. The van der Waals surface area contributed by atoms with E-state index in [1.165, 1.54) is 11.3 Å². The van der Waals surface area contributed by atoms with Gasteiger partial charge in [0.2, 0.25) is 0 Å². The average molecular weight is 373 g/mol. The third kappa shape index (κ3) is 4.07. The van der Waals surface area contributed by atoms with Gasteiger partial charge in [0.05, 0.1) is 6.54 Å². The van der Waals surface area contributed by atoms with Crippen molar-refractivity contribution in [2.75, 3.05) is 13.1 Å². The Morgan fingerprint density at radius 3 is 3.00 bits per heavy atom. The quantitative estimate of drug-likeness (QED) is 0.760. The molecule has 0 saturated carbocycles. The first kappa shape index (κ1) is 18.9. The predicted molar refractivity (Wildman–Crippen MR) is 107 cm³/mol. The van der Waals surface area contributed by atoms with Crippen molar-refractivity contribution in [3.63, 3.8) is 0 Å². The second-order valence-corrected chi connectivity index (χ2v) is 8.11. The van der Waals surface area contributed by atoms with Gasteiger partial charge in [-0.15, -0.1) is 11.3 Å². The fourth-order valence-corrected chi connectivity index (χ4v) is 4.42. The van der Waals surface area contributed by atoms with Crippen LogP contribution in [0.25, 0.3) is 0 Å². The van der Waals surface area contributed by atoms with Crippen molar-refractivity contribution in [1.82, 2.24) is 20.0 Å². The first-order valence-corrected chi connectivity index (χ1v) is 10.1. The summed E-state index contributed by atoms with van der Waals surface area (Å²) < 4.78 is 1.89. The van der Waals surface area contributed by atoms with Crippen LogP contribution in [0.1, 0.15) is 46.9 Å². The van der Waals surface area contributed by atoms with E-state index >= 15 is 0 Å². The molecule has 1 unspecified atom stereocenters. The molecule has 2 heterocycles. The lowest BCUT2D eigenvalue weighted by Crippen LogP contribution is -2.40. The molecule has 1 aliphatic carbocycles. The summed E-state index contributed by atoms with van der Waals surface area (Å²) in [7, 11) is 1.95. The van der Waals surface area contributed by atoms with Crippen LogP contribution in [0, 0.1) is 0 Å². The van der Waals surface area contributed by atoms with Crippen molar-refractivity contribution >= 4 is 17.2 Å². The van der Waals surface area contributed by atoms with E-state index in [4.69, 9.17) is 0 Å². The van der Waals surface area contributed by atoms with Gasteiger partial charge in [-0.05, 0) is 44.2 Å². The van der Waals surface area contributed by atoms with Crippen LogP contribution in [0.3, 0.4) is 0 Å². The maximum absolute atomic E-state index is 12.7. The molecule has 0 radical (unpaired) electrons. The Hall–Kier alpha value is -1.92. The molecule has 1 atom stereocenters. The number of aryl methyl sites for hydroxylation is 1. The molecule has 0 bridgehead atoms. The van der Waals surface area contributed by atoms with Crippen molar-refractivity contribution in [3.8, 4) is 0 Å². The highest BCUT2D eigenvalue weighted by molar-refractivity contribution is 7.09. The van der Waals surface area contributed by atoms with E-state index in [1.54, 1.807) is 11.3 Å². The van der Waals surface area contributed by atoms with Gasteiger partial charge in [0.1, 0.15) is 0 Å². The summed E-state index contributed by atoms with van der Waals surface area (Å²) in [6.07, 6.45) is 2.95. The third-order valence-corrected chi connectivity index (χ3v) is 5.92. The highest BCUT2D eigenvalue weighted by Crippen LogP contribution is 2.27. The maximum Gasteiger partial charge on any atom is 0.272 e. The van der Waals surface area contributed by atoms with Crippen molar-refractivity contribution in [2.24, 2.45) is 7.05 Å². The lowest BCUT2D eigenvalue weighted by atomic mass is 9.90. The minimum Gasteiger partial charge on any atom is -0.346 e. The molecule has 2 aromatic rings. The van der Waals surface area contributed by atoms with Crippen LogP contribution >= 0.6 is 11.3 Å². The van der Waals surface area contributed by atoms with Gasteiger partial charge in [0.25, 0.3) is 5.91 Å². The van der Waals surface area contributed by atoms with E-state index in [0.717, 1.165) is 42.8 Å². The van der Waals surface area contributed by atoms with Crippen LogP contribution in [0.2, 0.25) is 0 Å². The molecule has 26 heavy (non-hydrogen) atoms. The topological polar surface area (TPSA) is 50.2 Å². The summed E-state index contributed by atoms with van der Waals surface area (Å²) in [4.78, 5) is 16.4. The normalized spacial score (nSPS) is 16.5. The summed E-state index contributed by atoms with van der Waals surface area (Å²) in [5.41, 5.74) is 4.09. The van der Waals surface area contributed by atoms with Crippen LogP contribution in [0.15, 0.2) is 29.7 Å².